The van der Waals surface area contributed by atoms with Gasteiger partial charge in [0, 0.05) is 11.5 Å². The summed E-state index contributed by atoms with van der Waals surface area (Å²) in [5.41, 5.74) is 1.07. The number of hydrogen-bond acceptors (Lipinski definition) is 3. The maximum absolute atomic E-state index is 5.81. The van der Waals surface area contributed by atoms with Crippen LogP contribution >= 0.6 is 0 Å². The Kier molecular flexibility index (Phi) is 5.67. The average Bonchev–Trinajstić information content (AvgIpc) is 2.47. The van der Waals surface area contributed by atoms with E-state index in [0.717, 1.165) is 24.5 Å². The van der Waals surface area contributed by atoms with E-state index in [1.165, 1.54) is 19.3 Å². The third-order valence-electron chi connectivity index (χ3n) is 3.40. The van der Waals surface area contributed by atoms with Gasteiger partial charge in [-0.25, -0.2) is 0 Å². The van der Waals surface area contributed by atoms with E-state index < -0.39 is 0 Å². The molecule has 0 aromatic heterocycles. The van der Waals surface area contributed by atoms with Crippen molar-refractivity contribution < 1.29 is 14.2 Å². The summed E-state index contributed by atoms with van der Waals surface area (Å²) in [6.45, 7) is 6.50. The summed E-state index contributed by atoms with van der Waals surface area (Å²) in [4.78, 5) is 0. The highest BCUT2D eigenvalue weighted by atomic mass is 16.7. The van der Waals surface area contributed by atoms with Crippen LogP contribution in [0.25, 0.3) is 0 Å². The number of unbranched alkanes of at least 4 members (excludes halogenated alkanes) is 1. The molecule has 3 heteroatoms. The van der Waals surface area contributed by atoms with Crippen LogP contribution in [0.15, 0.2) is 24.3 Å². The summed E-state index contributed by atoms with van der Waals surface area (Å²) < 4.78 is 17.0. The van der Waals surface area contributed by atoms with Crippen molar-refractivity contribution in [2.45, 2.75) is 39.4 Å². The topological polar surface area (TPSA) is 27.7 Å². The summed E-state index contributed by atoms with van der Waals surface area (Å²) in [6.07, 6.45) is 3.48. The molecule has 0 amide bonds. The van der Waals surface area contributed by atoms with Gasteiger partial charge >= 0.3 is 0 Å². The Bertz CT molecular complexity index is 353. The predicted octanol–water partition coefficient (Wildman–Crippen LogP) is 3.94. The van der Waals surface area contributed by atoms with Crippen molar-refractivity contribution >= 4 is 0 Å². The Morgan fingerprint density at radius 1 is 1.11 bits per heavy atom. The van der Waals surface area contributed by atoms with Crippen molar-refractivity contribution in [2.75, 3.05) is 19.8 Å². The van der Waals surface area contributed by atoms with Crippen molar-refractivity contribution in [1.29, 1.82) is 0 Å². The lowest BCUT2D eigenvalue weighted by Gasteiger charge is -2.29. The van der Waals surface area contributed by atoms with Gasteiger partial charge in [-0.15, -0.1) is 0 Å². The number of ether oxygens (including phenoxy) is 3. The van der Waals surface area contributed by atoms with Crippen LogP contribution in [0.5, 0.6) is 5.75 Å². The third kappa shape index (κ3) is 4.22. The first-order chi connectivity index (χ1) is 9.33. The van der Waals surface area contributed by atoms with Gasteiger partial charge in [-0.05, 0) is 25.5 Å². The molecule has 2 rings (SSSR count). The van der Waals surface area contributed by atoms with Gasteiger partial charge in [-0.2, -0.15) is 0 Å². The minimum atomic E-state index is -0.214. The molecule has 1 heterocycles. The van der Waals surface area contributed by atoms with Crippen molar-refractivity contribution in [3.8, 4) is 5.75 Å². The highest BCUT2D eigenvalue weighted by molar-refractivity contribution is 5.28. The zero-order valence-electron chi connectivity index (χ0n) is 11.9. The van der Waals surface area contributed by atoms with Crippen molar-refractivity contribution in [3.63, 3.8) is 0 Å². The zero-order chi connectivity index (χ0) is 13.5. The molecule has 3 nitrogen and oxygen atoms in total. The normalized spacial score (nSPS) is 23.3. The molecular weight excluding hydrogens is 240 g/mol. The first-order valence-corrected chi connectivity index (χ1v) is 7.29. The van der Waals surface area contributed by atoms with Crippen LogP contribution in [0.4, 0.5) is 0 Å². The van der Waals surface area contributed by atoms with E-state index in [0.29, 0.717) is 12.5 Å². The van der Waals surface area contributed by atoms with Crippen LogP contribution in [-0.2, 0) is 9.47 Å². The lowest BCUT2D eigenvalue weighted by atomic mass is 10.0. The molecule has 0 radical (unpaired) electrons. The minimum Gasteiger partial charge on any atom is -0.494 e. The lowest BCUT2D eigenvalue weighted by Crippen LogP contribution is -2.27. The fraction of sp³-hybridized carbons (Fsp3) is 0.625. The fourth-order valence-corrected chi connectivity index (χ4v) is 2.28. The largest absolute Gasteiger partial charge is 0.494 e. The summed E-state index contributed by atoms with van der Waals surface area (Å²) in [5.74, 6) is 1.45. The van der Waals surface area contributed by atoms with Gasteiger partial charge < -0.3 is 14.2 Å². The smallest absolute Gasteiger partial charge is 0.183 e. The highest BCUT2D eigenvalue weighted by Crippen LogP contribution is 2.28. The van der Waals surface area contributed by atoms with Crippen LogP contribution < -0.4 is 4.74 Å². The Morgan fingerprint density at radius 3 is 2.37 bits per heavy atom. The molecule has 19 heavy (non-hydrogen) atoms. The molecule has 0 unspecified atom stereocenters. The first kappa shape index (κ1) is 14.4. The van der Waals surface area contributed by atoms with Crippen LogP contribution in [-0.4, -0.2) is 19.8 Å². The van der Waals surface area contributed by atoms with Crippen molar-refractivity contribution in [3.05, 3.63) is 29.8 Å². The van der Waals surface area contributed by atoms with E-state index >= 15 is 0 Å². The fourth-order valence-electron chi connectivity index (χ4n) is 2.28. The molecule has 1 fully saturated rings. The minimum absolute atomic E-state index is 0.214. The Hall–Kier alpha value is -1.06. The molecule has 0 atom stereocenters. The Labute approximate surface area is 115 Å². The van der Waals surface area contributed by atoms with Gasteiger partial charge in [-0.3, -0.25) is 0 Å². The SMILES string of the molecule is CCCCC1COC(c2ccc(OCC)cc2)OC1. The van der Waals surface area contributed by atoms with E-state index in [9.17, 15) is 0 Å². The molecule has 0 N–H and O–H groups in total. The Morgan fingerprint density at radius 2 is 1.79 bits per heavy atom. The highest BCUT2D eigenvalue weighted by Gasteiger charge is 2.23. The van der Waals surface area contributed by atoms with E-state index in [1.807, 2.05) is 31.2 Å². The number of rotatable bonds is 6. The zero-order valence-corrected chi connectivity index (χ0v) is 11.9. The molecule has 1 saturated heterocycles. The monoisotopic (exact) mass is 264 g/mol. The van der Waals surface area contributed by atoms with Crippen molar-refractivity contribution in [1.82, 2.24) is 0 Å². The first-order valence-electron chi connectivity index (χ1n) is 7.29. The molecule has 1 aromatic rings. The van der Waals surface area contributed by atoms with Crippen LogP contribution in [0.2, 0.25) is 0 Å². The van der Waals surface area contributed by atoms with Crippen LogP contribution in [0.3, 0.4) is 0 Å². The third-order valence-corrected chi connectivity index (χ3v) is 3.40. The van der Waals surface area contributed by atoms with Gasteiger partial charge in [0.05, 0.1) is 19.8 Å². The second kappa shape index (κ2) is 7.51. The summed E-state index contributed by atoms with van der Waals surface area (Å²) >= 11 is 0. The van der Waals surface area contributed by atoms with Crippen LogP contribution in [0, 0.1) is 5.92 Å². The second-order valence-electron chi connectivity index (χ2n) is 5.01. The van der Waals surface area contributed by atoms with E-state index in [-0.39, 0.29) is 6.29 Å². The number of hydrogen-bond donors (Lipinski definition) is 0. The average molecular weight is 264 g/mol. The van der Waals surface area contributed by atoms with Gasteiger partial charge in [0.25, 0.3) is 0 Å². The molecular formula is C16H24O3. The van der Waals surface area contributed by atoms with E-state index in [1.54, 1.807) is 0 Å². The molecule has 0 bridgehead atoms. The lowest BCUT2D eigenvalue weighted by molar-refractivity contribution is -0.206. The molecule has 1 aromatic carbocycles. The van der Waals surface area contributed by atoms with Gasteiger partial charge in [0.1, 0.15) is 5.75 Å². The van der Waals surface area contributed by atoms with Crippen LogP contribution in [0.1, 0.15) is 45.0 Å². The summed E-state index contributed by atoms with van der Waals surface area (Å²) in [6, 6.07) is 7.97. The molecule has 1 aliphatic heterocycles. The Balaban J connectivity index is 1.83. The maximum Gasteiger partial charge on any atom is 0.183 e. The number of benzene rings is 1. The maximum atomic E-state index is 5.81. The molecule has 106 valence electrons. The van der Waals surface area contributed by atoms with Gasteiger partial charge in [-0.1, -0.05) is 31.9 Å². The van der Waals surface area contributed by atoms with E-state index in [4.69, 9.17) is 14.2 Å². The van der Waals surface area contributed by atoms with Gasteiger partial charge in [0.15, 0.2) is 6.29 Å². The molecule has 0 saturated carbocycles. The predicted molar refractivity (Wildman–Crippen MR) is 75.3 cm³/mol. The second-order valence-corrected chi connectivity index (χ2v) is 5.01. The summed E-state index contributed by atoms with van der Waals surface area (Å²) in [5, 5.41) is 0. The molecule has 0 aliphatic carbocycles. The summed E-state index contributed by atoms with van der Waals surface area (Å²) in [7, 11) is 0. The molecule has 0 spiro atoms. The van der Waals surface area contributed by atoms with Gasteiger partial charge in [0.2, 0.25) is 0 Å². The van der Waals surface area contributed by atoms with E-state index in [2.05, 4.69) is 6.92 Å². The quantitative estimate of drug-likeness (QED) is 0.779. The molecule has 1 aliphatic rings. The standard InChI is InChI=1S/C16H24O3/c1-3-5-6-13-11-18-16(19-12-13)14-7-9-15(10-8-14)17-4-2/h7-10,13,16H,3-6,11-12H2,1-2H3. The van der Waals surface area contributed by atoms with Crippen molar-refractivity contribution in [2.24, 2.45) is 5.92 Å².